The zero-order valence-corrected chi connectivity index (χ0v) is 19.0. The molecule has 0 aromatic heterocycles. The predicted molar refractivity (Wildman–Crippen MR) is 120 cm³/mol. The summed E-state index contributed by atoms with van der Waals surface area (Å²) in [4.78, 5) is 28.2. The summed E-state index contributed by atoms with van der Waals surface area (Å²) in [6.07, 6.45) is 0. The van der Waals surface area contributed by atoms with E-state index < -0.39 is 17.2 Å². The zero-order chi connectivity index (χ0) is 23.0. The van der Waals surface area contributed by atoms with Gasteiger partial charge in [-0.05, 0) is 29.2 Å². The lowest BCUT2D eigenvalue weighted by atomic mass is 9.69. The van der Waals surface area contributed by atoms with Crippen molar-refractivity contribution in [3.63, 3.8) is 0 Å². The number of esters is 1. The molecule has 2 aliphatic rings. The summed E-state index contributed by atoms with van der Waals surface area (Å²) in [7, 11) is 1.22. The number of rotatable bonds is 6. The Hall–Kier alpha value is -2.48. The van der Waals surface area contributed by atoms with E-state index in [0.717, 1.165) is 17.2 Å². The lowest BCUT2D eigenvalue weighted by Gasteiger charge is -2.54. The van der Waals surface area contributed by atoms with E-state index in [2.05, 4.69) is 24.1 Å². The van der Waals surface area contributed by atoms with Crippen LogP contribution in [-0.4, -0.2) is 56.2 Å². The van der Waals surface area contributed by atoms with Crippen LogP contribution >= 0.6 is 11.6 Å². The van der Waals surface area contributed by atoms with E-state index in [0.29, 0.717) is 32.3 Å². The van der Waals surface area contributed by atoms with Crippen molar-refractivity contribution < 1.29 is 23.5 Å². The molecule has 2 aromatic rings. The van der Waals surface area contributed by atoms with Crippen molar-refractivity contribution in [3.05, 3.63) is 63.9 Å². The molecular weight excluding hydrogens is 435 g/mol. The number of hydrogen-bond acceptors (Lipinski definition) is 5. The SMILES string of the molecule is COC(=O)c1cc(Cl)c(F)cc1NC(=O)C1(c2ccccc2C(C)C)CN(C2COC2)C1. The average Bonchev–Trinajstić information content (AvgIpc) is 2.70. The molecule has 2 aromatic carbocycles. The van der Waals surface area contributed by atoms with Gasteiger partial charge in [0.15, 0.2) is 0 Å². The lowest BCUT2D eigenvalue weighted by molar-refractivity contribution is -0.141. The number of anilines is 1. The molecule has 0 spiro atoms. The second-order valence-corrected chi connectivity index (χ2v) is 9.09. The highest BCUT2D eigenvalue weighted by molar-refractivity contribution is 6.31. The molecule has 0 aliphatic carbocycles. The number of hydrogen-bond donors (Lipinski definition) is 1. The highest BCUT2D eigenvalue weighted by Crippen LogP contribution is 2.42. The van der Waals surface area contributed by atoms with Gasteiger partial charge >= 0.3 is 5.97 Å². The van der Waals surface area contributed by atoms with Gasteiger partial charge in [-0.2, -0.15) is 0 Å². The van der Waals surface area contributed by atoms with Gasteiger partial charge in [-0.25, -0.2) is 9.18 Å². The van der Waals surface area contributed by atoms with Gasteiger partial charge in [0.2, 0.25) is 5.91 Å². The van der Waals surface area contributed by atoms with Crippen LogP contribution in [0.1, 0.15) is 41.3 Å². The molecule has 4 rings (SSSR count). The quantitative estimate of drug-likeness (QED) is 0.660. The Morgan fingerprint density at radius 1 is 1.25 bits per heavy atom. The third-order valence-electron chi connectivity index (χ3n) is 6.33. The zero-order valence-electron chi connectivity index (χ0n) is 18.3. The molecule has 8 heteroatoms. The van der Waals surface area contributed by atoms with Crippen LogP contribution in [0.3, 0.4) is 0 Å². The van der Waals surface area contributed by atoms with Crippen molar-refractivity contribution in [1.29, 1.82) is 0 Å². The fraction of sp³-hybridized carbons (Fsp3) is 0.417. The second kappa shape index (κ2) is 8.81. The summed E-state index contributed by atoms with van der Waals surface area (Å²) in [6.45, 7) is 6.51. The molecule has 1 N–H and O–H groups in total. The molecule has 2 fully saturated rings. The van der Waals surface area contributed by atoms with Gasteiger partial charge in [0, 0.05) is 13.1 Å². The summed E-state index contributed by atoms with van der Waals surface area (Å²) in [5, 5.41) is 2.58. The maximum absolute atomic E-state index is 14.2. The number of carbonyl (C=O) groups is 2. The van der Waals surface area contributed by atoms with Crippen molar-refractivity contribution in [1.82, 2.24) is 4.90 Å². The smallest absolute Gasteiger partial charge is 0.340 e. The van der Waals surface area contributed by atoms with Crippen LogP contribution in [0.25, 0.3) is 0 Å². The van der Waals surface area contributed by atoms with E-state index in [-0.39, 0.29) is 28.1 Å². The normalized spacial score (nSPS) is 18.1. The van der Waals surface area contributed by atoms with Crippen LogP contribution in [0.5, 0.6) is 0 Å². The van der Waals surface area contributed by atoms with Gasteiger partial charge in [0.25, 0.3) is 0 Å². The van der Waals surface area contributed by atoms with E-state index >= 15 is 0 Å². The van der Waals surface area contributed by atoms with Gasteiger partial charge in [-0.15, -0.1) is 0 Å². The summed E-state index contributed by atoms with van der Waals surface area (Å²) in [6, 6.07) is 10.4. The number of methoxy groups -OCH3 is 1. The molecule has 0 radical (unpaired) electrons. The Morgan fingerprint density at radius 2 is 1.94 bits per heavy atom. The number of halogens is 2. The molecule has 1 amide bonds. The molecule has 0 atom stereocenters. The minimum Gasteiger partial charge on any atom is -0.465 e. The highest BCUT2D eigenvalue weighted by Gasteiger charge is 2.54. The Kier molecular flexibility index (Phi) is 6.25. The first-order valence-corrected chi connectivity index (χ1v) is 10.9. The highest BCUT2D eigenvalue weighted by atomic mass is 35.5. The summed E-state index contributed by atoms with van der Waals surface area (Å²) < 4.78 is 24.3. The van der Waals surface area contributed by atoms with Crippen molar-refractivity contribution >= 4 is 29.2 Å². The third-order valence-corrected chi connectivity index (χ3v) is 6.62. The van der Waals surface area contributed by atoms with Crippen LogP contribution in [0.2, 0.25) is 5.02 Å². The van der Waals surface area contributed by atoms with Gasteiger partial charge in [0.1, 0.15) is 5.82 Å². The van der Waals surface area contributed by atoms with Crippen molar-refractivity contribution in [2.75, 3.05) is 38.7 Å². The third kappa shape index (κ3) is 3.89. The minimum atomic E-state index is -0.833. The molecule has 2 heterocycles. The molecule has 0 unspecified atom stereocenters. The average molecular weight is 461 g/mol. The molecule has 6 nitrogen and oxygen atoms in total. The van der Waals surface area contributed by atoms with Crippen LogP contribution < -0.4 is 5.32 Å². The monoisotopic (exact) mass is 460 g/mol. The van der Waals surface area contributed by atoms with Gasteiger partial charge in [-0.1, -0.05) is 49.7 Å². The maximum Gasteiger partial charge on any atom is 0.340 e. The Bertz CT molecular complexity index is 1050. The Balaban J connectivity index is 1.72. The van der Waals surface area contributed by atoms with E-state index in [9.17, 15) is 14.0 Å². The first kappa shape index (κ1) is 22.7. The largest absolute Gasteiger partial charge is 0.465 e. The van der Waals surface area contributed by atoms with Crippen LogP contribution in [0.4, 0.5) is 10.1 Å². The number of benzene rings is 2. The first-order chi connectivity index (χ1) is 15.3. The van der Waals surface area contributed by atoms with Gasteiger partial charge in [-0.3, -0.25) is 9.69 Å². The second-order valence-electron chi connectivity index (χ2n) is 8.68. The van der Waals surface area contributed by atoms with Crippen LogP contribution in [0, 0.1) is 5.82 Å². The molecule has 2 aliphatic heterocycles. The van der Waals surface area contributed by atoms with E-state index in [1.807, 2.05) is 24.3 Å². The summed E-state index contributed by atoms with van der Waals surface area (Å²) in [5.41, 5.74) is 1.24. The fourth-order valence-electron chi connectivity index (χ4n) is 4.38. The van der Waals surface area contributed by atoms with E-state index in [1.165, 1.54) is 13.2 Å². The molecule has 0 bridgehead atoms. The van der Waals surface area contributed by atoms with Crippen molar-refractivity contribution in [2.45, 2.75) is 31.2 Å². The molecule has 32 heavy (non-hydrogen) atoms. The number of likely N-dealkylation sites (tertiary alicyclic amines) is 1. The standard InChI is InChI=1S/C24H26ClFN2O4/c1-14(2)16-6-4-5-7-18(16)24(12-28(13-24)15-10-32-11-15)23(30)27-21-9-20(26)19(25)8-17(21)22(29)31-3/h4-9,14-15H,10-13H2,1-3H3,(H,27,30). The van der Waals surface area contributed by atoms with Gasteiger partial charge < -0.3 is 14.8 Å². The summed E-state index contributed by atoms with van der Waals surface area (Å²) in [5.74, 6) is -1.52. The Morgan fingerprint density at radius 3 is 2.53 bits per heavy atom. The van der Waals surface area contributed by atoms with Crippen LogP contribution in [-0.2, 0) is 19.7 Å². The molecule has 170 valence electrons. The number of nitrogens with one attached hydrogen (secondary N) is 1. The van der Waals surface area contributed by atoms with E-state index in [1.54, 1.807) is 0 Å². The van der Waals surface area contributed by atoms with Crippen LogP contribution in [0.15, 0.2) is 36.4 Å². The topological polar surface area (TPSA) is 67.9 Å². The number of amides is 1. The molecule has 0 saturated carbocycles. The Labute approximate surface area is 191 Å². The molecular formula is C24H26ClFN2O4. The molecule has 2 saturated heterocycles. The predicted octanol–water partition coefficient (Wildman–Crippen LogP) is 3.98. The maximum atomic E-state index is 14.2. The van der Waals surface area contributed by atoms with Crippen molar-refractivity contribution in [2.24, 2.45) is 0 Å². The lowest BCUT2D eigenvalue weighted by Crippen LogP contribution is -2.70. The number of carbonyl (C=O) groups excluding carboxylic acids is 2. The first-order valence-electron chi connectivity index (χ1n) is 10.6. The number of nitrogens with zero attached hydrogens (tertiary/aromatic N) is 1. The van der Waals surface area contributed by atoms with Gasteiger partial charge in [0.05, 0.1) is 48.1 Å². The number of ether oxygens (including phenoxy) is 2. The van der Waals surface area contributed by atoms with Crippen molar-refractivity contribution in [3.8, 4) is 0 Å². The van der Waals surface area contributed by atoms with E-state index in [4.69, 9.17) is 21.1 Å². The summed E-state index contributed by atoms with van der Waals surface area (Å²) >= 11 is 5.87. The fourth-order valence-corrected chi connectivity index (χ4v) is 4.55. The minimum absolute atomic E-state index is 0.00289.